The van der Waals surface area contributed by atoms with Crippen LogP contribution in [0.15, 0.2) is 18.2 Å². The van der Waals surface area contributed by atoms with E-state index in [0.29, 0.717) is 18.0 Å². The van der Waals surface area contributed by atoms with Crippen molar-refractivity contribution in [1.29, 1.82) is 0 Å². The van der Waals surface area contributed by atoms with Gasteiger partial charge in [0.05, 0.1) is 12.3 Å². The number of amides is 1. The maximum Gasteiger partial charge on any atom is 0.265 e. The summed E-state index contributed by atoms with van der Waals surface area (Å²) in [4.78, 5) is 11.5. The van der Waals surface area contributed by atoms with Gasteiger partial charge in [0, 0.05) is 12.1 Å². The Hall–Kier alpha value is -1.59. The largest absolute Gasteiger partial charge is 0.479 e. The van der Waals surface area contributed by atoms with Crippen molar-refractivity contribution >= 4 is 11.6 Å². The van der Waals surface area contributed by atoms with Gasteiger partial charge in [-0.1, -0.05) is 6.07 Å². The number of hydrogen-bond donors (Lipinski definition) is 3. The second kappa shape index (κ2) is 5.19. The molecule has 1 aliphatic heterocycles. The molecule has 1 unspecified atom stereocenters. The van der Waals surface area contributed by atoms with Gasteiger partial charge < -0.3 is 20.5 Å². The summed E-state index contributed by atoms with van der Waals surface area (Å²) >= 11 is 0. The molecule has 1 atom stereocenters. The smallest absolute Gasteiger partial charge is 0.265 e. The van der Waals surface area contributed by atoms with Crippen LogP contribution >= 0.6 is 0 Å². The van der Waals surface area contributed by atoms with Gasteiger partial charge in [0.1, 0.15) is 5.75 Å². The molecule has 1 aromatic carbocycles. The van der Waals surface area contributed by atoms with Gasteiger partial charge in [-0.3, -0.25) is 4.79 Å². The third-order valence-corrected chi connectivity index (χ3v) is 3.14. The van der Waals surface area contributed by atoms with Crippen molar-refractivity contribution in [3.63, 3.8) is 0 Å². The third kappa shape index (κ3) is 3.24. The molecule has 1 aromatic rings. The van der Waals surface area contributed by atoms with Crippen molar-refractivity contribution < 1.29 is 14.6 Å². The van der Waals surface area contributed by atoms with Crippen LogP contribution in [0.1, 0.15) is 26.3 Å². The fraction of sp³-hybridized carbons (Fsp3) is 0.500. The molecule has 0 fully saturated rings. The zero-order chi connectivity index (χ0) is 14.0. The van der Waals surface area contributed by atoms with Crippen LogP contribution in [0.5, 0.6) is 5.75 Å². The molecule has 19 heavy (non-hydrogen) atoms. The van der Waals surface area contributed by atoms with Crippen LogP contribution in [-0.2, 0) is 11.3 Å². The summed E-state index contributed by atoms with van der Waals surface area (Å²) in [5, 5.41) is 15.3. The molecule has 0 bridgehead atoms. The van der Waals surface area contributed by atoms with E-state index >= 15 is 0 Å². The lowest BCUT2D eigenvalue weighted by Gasteiger charge is -2.25. The summed E-state index contributed by atoms with van der Waals surface area (Å²) in [6.07, 6.45) is -0.454. The predicted molar refractivity (Wildman–Crippen MR) is 73.2 cm³/mol. The van der Waals surface area contributed by atoms with E-state index in [2.05, 4.69) is 10.6 Å². The van der Waals surface area contributed by atoms with Gasteiger partial charge in [0.2, 0.25) is 0 Å². The highest BCUT2D eigenvalue weighted by atomic mass is 16.5. The molecule has 1 aliphatic rings. The van der Waals surface area contributed by atoms with Crippen molar-refractivity contribution in [3.8, 4) is 5.75 Å². The third-order valence-electron chi connectivity index (χ3n) is 3.14. The highest BCUT2D eigenvalue weighted by Gasteiger charge is 2.23. The van der Waals surface area contributed by atoms with E-state index in [0.717, 1.165) is 5.56 Å². The van der Waals surface area contributed by atoms with Gasteiger partial charge in [-0.25, -0.2) is 0 Å². The predicted octanol–water partition coefficient (Wildman–Crippen LogP) is 1.27. The molecule has 1 heterocycles. The fourth-order valence-electron chi connectivity index (χ4n) is 1.76. The van der Waals surface area contributed by atoms with Crippen molar-refractivity contribution in [2.75, 3.05) is 11.9 Å². The molecular formula is C14H20N2O3. The normalized spacial score (nSPS) is 18.5. The van der Waals surface area contributed by atoms with E-state index < -0.39 is 6.10 Å². The van der Waals surface area contributed by atoms with Crippen molar-refractivity contribution in [1.82, 2.24) is 5.32 Å². The van der Waals surface area contributed by atoms with E-state index in [4.69, 9.17) is 4.74 Å². The van der Waals surface area contributed by atoms with Gasteiger partial charge in [0.25, 0.3) is 5.91 Å². The van der Waals surface area contributed by atoms with Gasteiger partial charge in [0.15, 0.2) is 6.10 Å². The van der Waals surface area contributed by atoms with Crippen LogP contribution in [0.3, 0.4) is 0 Å². The van der Waals surface area contributed by atoms with Crippen molar-refractivity contribution in [3.05, 3.63) is 23.8 Å². The Kier molecular flexibility index (Phi) is 3.78. The number of fused-ring (bicyclic) bond motifs is 1. The van der Waals surface area contributed by atoms with Crippen molar-refractivity contribution in [2.24, 2.45) is 0 Å². The molecular weight excluding hydrogens is 244 g/mol. The van der Waals surface area contributed by atoms with E-state index in [1.807, 2.05) is 32.0 Å². The lowest BCUT2D eigenvalue weighted by molar-refractivity contribution is -0.122. The second-order valence-electron chi connectivity index (χ2n) is 5.48. The average molecular weight is 264 g/mol. The number of hydrogen-bond acceptors (Lipinski definition) is 4. The van der Waals surface area contributed by atoms with E-state index in [-0.39, 0.29) is 18.1 Å². The maximum absolute atomic E-state index is 11.5. The quantitative estimate of drug-likeness (QED) is 0.766. The Morgan fingerprint density at radius 2 is 2.21 bits per heavy atom. The average Bonchev–Trinajstić information content (AvgIpc) is 2.38. The number of ether oxygens (including phenoxy) is 1. The number of benzene rings is 1. The molecule has 2 rings (SSSR count). The van der Waals surface area contributed by atoms with Crippen LogP contribution in [-0.4, -0.2) is 29.3 Å². The van der Waals surface area contributed by atoms with Gasteiger partial charge in [-0.2, -0.15) is 0 Å². The van der Waals surface area contributed by atoms with Gasteiger partial charge in [-0.05, 0) is 38.5 Å². The Balaban J connectivity index is 2.09. The Morgan fingerprint density at radius 1 is 1.47 bits per heavy atom. The number of nitrogens with one attached hydrogen (secondary N) is 2. The molecule has 1 amide bonds. The highest BCUT2D eigenvalue weighted by molar-refractivity contribution is 5.97. The molecule has 5 heteroatoms. The number of carbonyl (C=O) groups excluding carboxylic acids is 1. The summed E-state index contributed by atoms with van der Waals surface area (Å²) in [6, 6.07) is 5.69. The molecule has 0 saturated heterocycles. The summed E-state index contributed by atoms with van der Waals surface area (Å²) in [6.45, 7) is 6.26. The number of anilines is 1. The summed E-state index contributed by atoms with van der Waals surface area (Å²) in [7, 11) is 0. The summed E-state index contributed by atoms with van der Waals surface area (Å²) in [5.74, 6) is 0.561. The molecule has 0 aromatic heterocycles. The first-order chi connectivity index (χ1) is 8.91. The Morgan fingerprint density at radius 3 is 2.89 bits per heavy atom. The molecule has 0 spiro atoms. The Labute approximate surface area is 113 Å². The fourth-order valence-corrected chi connectivity index (χ4v) is 1.76. The topological polar surface area (TPSA) is 70.6 Å². The lowest BCUT2D eigenvalue weighted by atomic mass is 10.1. The van der Waals surface area contributed by atoms with E-state index in [9.17, 15) is 9.90 Å². The molecule has 0 saturated carbocycles. The minimum absolute atomic E-state index is 0.0648. The number of rotatable bonds is 4. The molecule has 104 valence electrons. The zero-order valence-electron chi connectivity index (χ0n) is 11.5. The first kappa shape index (κ1) is 13.8. The first-order valence-corrected chi connectivity index (χ1v) is 6.37. The summed E-state index contributed by atoms with van der Waals surface area (Å²) < 4.78 is 5.49. The van der Waals surface area contributed by atoms with Crippen LogP contribution < -0.4 is 15.4 Å². The van der Waals surface area contributed by atoms with Gasteiger partial charge >= 0.3 is 0 Å². The number of carbonyl (C=O) groups is 1. The summed E-state index contributed by atoms with van der Waals surface area (Å²) in [5.41, 5.74) is 1.40. The van der Waals surface area contributed by atoms with Crippen molar-refractivity contribution in [2.45, 2.75) is 39.0 Å². The molecule has 0 radical (unpaired) electrons. The van der Waals surface area contributed by atoms with Crippen LogP contribution in [0.25, 0.3) is 0 Å². The SMILES string of the molecule is CC1Oc2ccc(CNC(C)(C)CO)cc2NC1=O. The Bertz CT molecular complexity index is 486. The maximum atomic E-state index is 11.5. The number of aliphatic hydroxyl groups is 1. The lowest BCUT2D eigenvalue weighted by Crippen LogP contribution is -2.42. The van der Waals surface area contributed by atoms with Gasteiger partial charge in [-0.15, -0.1) is 0 Å². The molecule has 0 aliphatic carbocycles. The van der Waals surface area contributed by atoms with Crippen LogP contribution in [0, 0.1) is 0 Å². The van der Waals surface area contributed by atoms with Crippen LogP contribution in [0.4, 0.5) is 5.69 Å². The first-order valence-electron chi connectivity index (χ1n) is 6.37. The van der Waals surface area contributed by atoms with Crippen LogP contribution in [0.2, 0.25) is 0 Å². The van der Waals surface area contributed by atoms with E-state index in [1.54, 1.807) is 6.92 Å². The standard InChI is InChI=1S/C14H20N2O3/c1-9-13(18)16-11-6-10(4-5-12(11)19-9)7-15-14(2,3)8-17/h4-6,9,15,17H,7-8H2,1-3H3,(H,16,18). The minimum Gasteiger partial charge on any atom is -0.479 e. The van der Waals surface area contributed by atoms with E-state index in [1.165, 1.54) is 0 Å². The minimum atomic E-state index is -0.454. The second-order valence-corrected chi connectivity index (χ2v) is 5.48. The number of aliphatic hydroxyl groups excluding tert-OH is 1. The molecule has 3 N–H and O–H groups in total. The zero-order valence-corrected chi connectivity index (χ0v) is 11.5. The highest BCUT2D eigenvalue weighted by Crippen LogP contribution is 2.30. The monoisotopic (exact) mass is 264 g/mol. The molecule has 5 nitrogen and oxygen atoms in total.